The lowest BCUT2D eigenvalue weighted by Crippen LogP contribution is -2.26. The minimum Gasteiger partial charge on any atom is -0.454 e. The molecule has 6 rings (SSSR count). The zero-order chi connectivity index (χ0) is 26.6. The maximum atomic E-state index is 14.2. The van der Waals surface area contributed by atoms with Gasteiger partial charge in [0.25, 0.3) is 11.1 Å². The molecule has 8 heteroatoms. The third kappa shape index (κ3) is 3.44. The van der Waals surface area contributed by atoms with E-state index in [0.717, 1.165) is 28.3 Å². The topological polar surface area (TPSA) is 72.3 Å². The highest BCUT2D eigenvalue weighted by Crippen LogP contribution is 2.44. The van der Waals surface area contributed by atoms with Gasteiger partial charge in [0.2, 0.25) is 6.79 Å². The third-order valence-corrected chi connectivity index (χ3v) is 7.51. The highest BCUT2D eigenvalue weighted by molar-refractivity contribution is 5.57. The van der Waals surface area contributed by atoms with Gasteiger partial charge in [-0.2, -0.15) is 0 Å². The second-order valence-corrected chi connectivity index (χ2v) is 9.46. The van der Waals surface area contributed by atoms with E-state index >= 15 is 0 Å². The van der Waals surface area contributed by atoms with E-state index in [2.05, 4.69) is 0 Å². The van der Waals surface area contributed by atoms with Gasteiger partial charge in [-0.1, -0.05) is 48.5 Å². The summed E-state index contributed by atoms with van der Waals surface area (Å²) in [6.07, 6.45) is 0. The standard InChI is InChI=1S/C30H28N4O4/c1-19-25(29(35)33(31(19)3)21-12-7-5-8-13-21)27(23-16-11-17-24-28(23)38-18-37-24)26-20(2)32(4)34(30(26)36)22-14-9-6-10-15-22/h5-17,27H,18H2,1-4H3. The molecule has 0 saturated carbocycles. The van der Waals surface area contributed by atoms with E-state index in [1.54, 1.807) is 9.36 Å². The molecule has 0 N–H and O–H groups in total. The third-order valence-electron chi connectivity index (χ3n) is 7.51. The number of para-hydroxylation sites is 3. The number of aromatic nitrogens is 4. The fourth-order valence-corrected chi connectivity index (χ4v) is 5.48. The maximum Gasteiger partial charge on any atom is 0.275 e. The van der Waals surface area contributed by atoms with E-state index in [1.807, 2.05) is 116 Å². The van der Waals surface area contributed by atoms with Gasteiger partial charge in [-0.3, -0.25) is 19.0 Å². The van der Waals surface area contributed by atoms with E-state index in [1.165, 1.54) is 0 Å². The van der Waals surface area contributed by atoms with Gasteiger partial charge in [0.15, 0.2) is 11.5 Å². The van der Waals surface area contributed by atoms with Crippen LogP contribution in [0.1, 0.15) is 34.0 Å². The Bertz CT molecular complexity index is 1670. The van der Waals surface area contributed by atoms with Crippen molar-refractivity contribution in [3.05, 3.63) is 128 Å². The molecular formula is C30H28N4O4. The first-order valence-corrected chi connectivity index (χ1v) is 12.5. The van der Waals surface area contributed by atoms with Crippen molar-refractivity contribution < 1.29 is 9.47 Å². The van der Waals surface area contributed by atoms with Gasteiger partial charge < -0.3 is 9.47 Å². The van der Waals surface area contributed by atoms with Gasteiger partial charge in [0.1, 0.15) is 0 Å². The minimum absolute atomic E-state index is 0.0864. The fraction of sp³-hybridized carbons (Fsp3) is 0.200. The molecule has 38 heavy (non-hydrogen) atoms. The normalized spacial score (nSPS) is 12.4. The number of hydrogen-bond acceptors (Lipinski definition) is 4. The molecule has 0 unspecified atom stereocenters. The summed E-state index contributed by atoms with van der Waals surface area (Å²) >= 11 is 0. The second-order valence-electron chi connectivity index (χ2n) is 9.46. The summed E-state index contributed by atoms with van der Waals surface area (Å²) in [5, 5.41) is 0. The molecule has 3 aromatic carbocycles. The van der Waals surface area contributed by atoms with Gasteiger partial charge in [0.05, 0.1) is 28.4 Å². The van der Waals surface area contributed by atoms with Gasteiger partial charge in [0, 0.05) is 31.0 Å². The van der Waals surface area contributed by atoms with Crippen LogP contribution < -0.4 is 20.6 Å². The van der Waals surface area contributed by atoms with Gasteiger partial charge in [-0.25, -0.2) is 9.36 Å². The van der Waals surface area contributed by atoms with Crippen molar-refractivity contribution in [3.8, 4) is 22.9 Å². The predicted octanol–water partition coefficient (Wildman–Crippen LogP) is 4.19. The van der Waals surface area contributed by atoms with Crippen molar-refractivity contribution in [2.45, 2.75) is 19.8 Å². The first-order chi connectivity index (χ1) is 18.4. The molecule has 2 aromatic heterocycles. The monoisotopic (exact) mass is 508 g/mol. The molecule has 0 saturated heterocycles. The molecule has 5 aromatic rings. The Morgan fingerprint density at radius 2 is 1.16 bits per heavy atom. The molecule has 0 fully saturated rings. The van der Waals surface area contributed by atoms with Crippen LogP contribution in [0.2, 0.25) is 0 Å². The molecule has 8 nitrogen and oxygen atoms in total. The second kappa shape index (κ2) is 8.99. The van der Waals surface area contributed by atoms with E-state index in [9.17, 15) is 9.59 Å². The fourth-order valence-electron chi connectivity index (χ4n) is 5.48. The highest BCUT2D eigenvalue weighted by Gasteiger charge is 2.36. The lowest BCUT2D eigenvalue weighted by atomic mass is 9.84. The number of hydrogen-bond donors (Lipinski definition) is 0. The average Bonchev–Trinajstić information content (AvgIpc) is 3.56. The molecule has 1 aliphatic heterocycles. The van der Waals surface area contributed by atoms with Crippen LogP contribution in [0.5, 0.6) is 11.5 Å². The predicted molar refractivity (Wildman–Crippen MR) is 145 cm³/mol. The number of fused-ring (bicyclic) bond motifs is 1. The number of nitrogens with zero attached hydrogens (tertiary/aromatic N) is 4. The first-order valence-electron chi connectivity index (χ1n) is 12.5. The first kappa shape index (κ1) is 23.7. The van der Waals surface area contributed by atoms with Crippen LogP contribution >= 0.6 is 0 Å². The zero-order valence-electron chi connectivity index (χ0n) is 21.7. The lowest BCUT2D eigenvalue weighted by Gasteiger charge is -2.18. The summed E-state index contributed by atoms with van der Waals surface area (Å²) in [5.74, 6) is 0.473. The Morgan fingerprint density at radius 3 is 1.66 bits per heavy atom. The van der Waals surface area contributed by atoms with E-state index in [-0.39, 0.29) is 17.9 Å². The molecule has 1 aliphatic rings. The number of rotatable bonds is 5. The van der Waals surface area contributed by atoms with E-state index in [4.69, 9.17) is 9.47 Å². The summed E-state index contributed by atoms with van der Waals surface area (Å²) in [7, 11) is 3.72. The smallest absolute Gasteiger partial charge is 0.275 e. The molecule has 192 valence electrons. The Hall–Kier alpha value is -4.72. The molecule has 3 heterocycles. The molecule has 0 spiro atoms. The minimum atomic E-state index is -0.682. The number of benzene rings is 3. The molecule has 0 atom stereocenters. The Labute approximate surface area is 219 Å². The van der Waals surface area contributed by atoms with Crippen LogP contribution in [0.15, 0.2) is 88.5 Å². The summed E-state index contributed by atoms with van der Waals surface area (Å²) in [5.41, 5.74) is 4.39. The molecule has 0 amide bonds. The highest BCUT2D eigenvalue weighted by atomic mass is 16.7. The van der Waals surface area contributed by atoms with Crippen LogP contribution in [-0.2, 0) is 14.1 Å². The maximum absolute atomic E-state index is 14.2. The van der Waals surface area contributed by atoms with Crippen molar-refractivity contribution in [3.63, 3.8) is 0 Å². The van der Waals surface area contributed by atoms with E-state index < -0.39 is 5.92 Å². The van der Waals surface area contributed by atoms with Crippen molar-refractivity contribution in [1.82, 2.24) is 18.7 Å². The summed E-state index contributed by atoms with van der Waals surface area (Å²) < 4.78 is 18.6. The zero-order valence-corrected chi connectivity index (χ0v) is 21.7. The Balaban J connectivity index is 1.69. The number of ether oxygens (including phenoxy) is 2. The van der Waals surface area contributed by atoms with Gasteiger partial charge in [-0.15, -0.1) is 0 Å². The quantitative estimate of drug-likeness (QED) is 0.357. The van der Waals surface area contributed by atoms with E-state index in [0.29, 0.717) is 22.6 Å². The molecule has 0 radical (unpaired) electrons. The largest absolute Gasteiger partial charge is 0.454 e. The van der Waals surface area contributed by atoms with Crippen molar-refractivity contribution in [2.75, 3.05) is 6.79 Å². The SMILES string of the molecule is Cc1c(C(c2cccc3c2OCO3)c2c(C)n(C)n(-c3ccccc3)c2=O)c(=O)n(-c2ccccc2)n1C. The average molecular weight is 509 g/mol. The van der Waals surface area contributed by atoms with Crippen molar-refractivity contribution in [2.24, 2.45) is 14.1 Å². The molecule has 0 bridgehead atoms. The van der Waals surface area contributed by atoms with Crippen molar-refractivity contribution >= 4 is 0 Å². The van der Waals surface area contributed by atoms with Crippen LogP contribution in [0.4, 0.5) is 0 Å². The Morgan fingerprint density at radius 1 is 0.658 bits per heavy atom. The summed E-state index contributed by atoms with van der Waals surface area (Å²) in [6.45, 7) is 3.92. The lowest BCUT2D eigenvalue weighted by molar-refractivity contribution is 0.173. The summed E-state index contributed by atoms with van der Waals surface area (Å²) in [6, 6.07) is 24.6. The van der Waals surface area contributed by atoms with Crippen molar-refractivity contribution in [1.29, 1.82) is 0 Å². The molecule has 0 aliphatic carbocycles. The van der Waals surface area contributed by atoms with Crippen LogP contribution in [0, 0.1) is 13.8 Å². The van der Waals surface area contributed by atoms with Crippen LogP contribution in [0.25, 0.3) is 11.4 Å². The van der Waals surface area contributed by atoms with Crippen LogP contribution in [-0.4, -0.2) is 25.5 Å². The molecular weight excluding hydrogens is 480 g/mol. The van der Waals surface area contributed by atoms with Crippen LogP contribution in [0.3, 0.4) is 0 Å². The Kier molecular flexibility index (Phi) is 5.60. The van der Waals surface area contributed by atoms with Gasteiger partial charge >= 0.3 is 0 Å². The van der Waals surface area contributed by atoms with Gasteiger partial charge in [-0.05, 0) is 44.2 Å². The summed E-state index contributed by atoms with van der Waals surface area (Å²) in [4.78, 5) is 28.5.